The van der Waals surface area contributed by atoms with Crippen LogP contribution in [0.4, 0.5) is 4.39 Å². The van der Waals surface area contributed by atoms with Crippen molar-refractivity contribution in [1.82, 2.24) is 25.1 Å². The number of carbonyl (C=O) groups is 2. The SMILES string of the molecule is O=C(O)CC1CCC(NC(=O)c2cc(Cl)cc3cnn(Cc4cnc(-c5ccc(F)cc5)cn4)c23)CC1. The molecule has 1 aliphatic rings. The van der Waals surface area contributed by atoms with Gasteiger partial charge in [-0.15, -0.1) is 0 Å². The first-order valence-electron chi connectivity index (χ1n) is 12.1. The molecule has 5 rings (SSSR count). The van der Waals surface area contributed by atoms with Gasteiger partial charge in [-0.1, -0.05) is 11.6 Å². The van der Waals surface area contributed by atoms with E-state index in [4.69, 9.17) is 16.7 Å². The normalized spacial score (nSPS) is 17.6. The first kappa shape index (κ1) is 24.8. The van der Waals surface area contributed by atoms with E-state index in [0.29, 0.717) is 34.0 Å². The molecule has 0 spiro atoms. The first-order chi connectivity index (χ1) is 17.9. The summed E-state index contributed by atoms with van der Waals surface area (Å²) in [5.74, 6) is -1.18. The Labute approximate surface area is 217 Å². The Kier molecular flexibility index (Phi) is 7.14. The van der Waals surface area contributed by atoms with Gasteiger partial charge in [0, 0.05) is 28.4 Å². The number of hydrogen-bond donors (Lipinski definition) is 2. The van der Waals surface area contributed by atoms with Crippen molar-refractivity contribution in [2.24, 2.45) is 5.92 Å². The molecule has 2 aromatic heterocycles. The number of nitrogens with one attached hydrogen (secondary N) is 1. The number of halogens is 2. The summed E-state index contributed by atoms with van der Waals surface area (Å²) < 4.78 is 14.9. The molecule has 10 heteroatoms. The number of nitrogens with zero attached hydrogens (tertiary/aromatic N) is 4. The Hall–Kier alpha value is -3.85. The van der Waals surface area contributed by atoms with E-state index in [9.17, 15) is 14.0 Å². The maximum Gasteiger partial charge on any atom is 0.303 e. The third kappa shape index (κ3) is 5.77. The summed E-state index contributed by atoms with van der Waals surface area (Å²) >= 11 is 6.31. The summed E-state index contributed by atoms with van der Waals surface area (Å²) in [6.45, 7) is 0.294. The van der Waals surface area contributed by atoms with E-state index in [1.165, 1.54) is 12.1 Å². The van der Waals surface area contributed by atoms with Gasteiger partial charge in [-0.2, -0.15) is 5.10 Å². The number of carbonyl (C=O) groups excluding carboxylic acids is 1. The number of carboxylic acids is 1. The quantitative estimate of drug-likeness (QED) is 0.350. The highest BCUT2D eigenvalue weighted by molar-refractivity contribution is 6.32. The van der Waals surface area contributed by atoms with Gasteiger partial charge >= 0.3 is 5.97 Å². The number of aliphatic carboxylic acids is 1. The minimum Gasteiger partial charge on any atom is -0.481 e. The molecule has 2 aromatic carbocycles. The monoisotopic (exact) mass is 521 g/mol. The Morgan fingerprint density at radius 1 is 1.05 bits per heavy atom. The van der Waals surface area contributed by atoms with E-state index >= 15 is 0 Å². The lowest BCUT2D eigenvalue weighted by atomic mass is 9.84. The number of fused-ring (bicyclic) bond motifs is 1. The minimum absolute atomic E-state index is 0.0205. The Morgan fingerprint density at radius 3 is 2.49 bits per heavy atom. The van der Waals surface area contributed by atoms with Crippen molar-refractivity contribution in [3.63, 3.8) is 0 Å². The molecule has 1 fully saturated rings. The van der Waals surface area contributed by atoms with Gasteiger partial charge in [-0.3, -0.25) is 24.2 Å². The number of benzene rings is 2. The lowest BCUT2D eigenvalue weighted by Gasteiger charge is -2.28. The second kappa shape index (κ2) is 10.6. The van der Waals surface area contributed by atoms with Crippen molar-refractivity contribution >= 4 is 34.4 Å². The van der Waals surface area contributed by atoms with Crippen LogP contribution in [0.25, 0.3) is 22.2 Å². The minimum atomic E-state index is -0.781. The van der Waals surface area contributed by atoms with Crippen LogP contribution in [0, 0.1) is 11.7 Å². The molecule has 0 atom stereocenters. The molecule has 1 saturated carbocycles. The Morgan fingerprint density at radius 2 is 1.81 bits per heavy atom. The van der Waals surface area contributed by atoms with Crippen molar-refractivity contribution in [3.05, 3.63) is 77.1 Å². The van der Waals surface area contributed by atoms with Crippen molar-refractivity contribution in [3.8, 4) is 11.3 Å². The third-order valence-electron chi connectivity index (χ3n) is 6.75. The molecule has 0 aliphatic heterocycles. The molecule has 0 saturated heterocycles. The number of aromatic nitrogens is 4. The zero-order chi connectivity index (χ0) is 25.9. The van der Waals surface area contributed by atoms with E-state index in [0.717, 1.165) is 36.6 Å². The van der Waals surface area contributed by atoms with E-state index in [2.05, 4.69) is 20.4 Å². The molecule has 37 heavy (non-hydrogen) atoms. The lowest BCUT2D eigenvalue weighted by Crippen LogP contribution is -2.38. The van der Waals surface area contributed by atoms with E-state index < -0.39 is 5.97 Å². The lowest BCUT2D eigenvalue weighted by molar-refractivity contribution is -0.138. The summed E-state index contributed by atoms with van der Waals surface area (Å²) in [7, 11) is 0. The number of rotatable bonds is 7. The van der Waals surface area contributed by atoms with Crippen LogP contribution in [0.1, 0.15) is 48.2 Å². The summed E-state index contributed by atoms with van der Waals surface area (Å²) in [6, 6.07) is 9.42. The van der Waals surface area contributed by atoms with Gasteiger partial charge in [0.25, 0.3) is 5.91 Å². The fourth-order valence-corrected chi connectivity index (χ4v) is 5.10. The smallest absolute Gasteiger partial charge is 0.303 e. The molecule has 8 nitrogen and oxygen atoms in total. The second-order valence-corrected chi connectivity index (χ2v) is 9.82. The second-order valence-electron chi connectivity index (χ2n) is 9.38. The molecular weight excluding hydrogens is 497 g/mol. The van der Waals surface area contributed by atoms with E-state index in [-0.39, 0.29) is 30.1 Å². The zero-order valence-corrected chi connectivity index (χ0v) is 20.7. The number of hydrogen-bond acceptors (Lipinski definition) is 5. The van der Waals surface area contributed by atoms with Crippen molar-refractivity contribution in [2.45, 2.75) is 44.7 Å². The van der Waals surface area contributed by atoms with Crippen LogP contribution in [-0.2, 0) is 11.3 Å². The molecule has 2 heterocycles. The maximum atomic E-state index is 13.3. The molecule has 190 valence electrons. The maximum absolute atomic E-state index is 13.3. The Balaban J connectivity index is 1.33. The highest BCUT2D eigenvalue weighted by atomic mass is 35.5. The van der Waals surface area contributed by atoms with Crippen molar-refractivity contribution in [1.29, 1.82) is 0 Å². The summed E-state index contributed by atoms with van der Waals surface area (Å²) in [5, 5.41) is 17.8. The van der Waals surface area contributed by atoms with Crippen LogP contribution in [-0.4, -0.2) is 42.8 Å². The predicted molar refractivity (Wildman–Crippen MR) is 137 cm³/mol. The summed E-state index contributed by atoms with van der Waals surface area (Å²) in [5.41, 5.74) is 3.10. The van der Waals surface area contributed by atoms with E-state index in [1.807, 2.05) is 0 Å². The molecule has 4 aromatic rings. The third-order valence-corrected chi connectivity index (χ3v) is 6.96. The molecule has 0 bridgehead atoms. The number of amides is 1. The van der Waals surface area contributed by atoms with Crippen LogP contribution in [0.15, 0.2) is 55.0 Å². The van der Waals surface area contributed by atoms with Crippen molar-refractivity contribution < 1.29 is 19.1 Å². The molecule has 2 N–H and O–H groups in total. The largest absolute Gasteiger partial charge is 0.481 e. The molecule has 0 unspecified atom stereocenters. The molecule has 1 amide bonds. The summed E-state index contributed by atoms with van der Waals surface area (Å²) in [6.07, 6.45) is 8.11. The Bertz CT molecular complexity index is 1430. The van der Waals surface area contributed by atoms with Crippen LogP contribution in [0.2, 0.25) is 5.02 Å². The molecule has 0 radical (unpaired) electrons. The average molecular weight is 522 g/mol. The van der Waals surface area contributed by atoms with Crippen molar-refractivity contribution in [2.75, 3.05) is 0 Å². The van der Waals surface area contributed by atoms with Gasteiger partial charge in [0.15, 0.2) is 0 Å². The van der Waals surface area contributed by atoms with Gasteiger partial charge in [0.2, 0.25) is 0 Å². The predicted octanol–water partition coefficient (Wildman–Crippen LogP) is 5.10. The fraction of sp³-hybridized carbons (Fsp3) is 0.296. The molecule has 1 aliphatic carbocycles. The number of carboxylic acid groups (broad SMARTS) is 1. The van der Waals surface area contributed by atoms with Gasteiger partial charge < -0.3 is 10.4 Å². The van der Waals surface area contributed by atoms with Crippen LogP contribution in [0.3, 0.4) is 0 Å². The standard InChI is InChI=1S/C27H25ClFN5O3/c28-19-10-18-12-32-34(15-22-13-31-24(14-30-22)17-3-5-20(29)6-4-17)26(18)23(11-19)27(37)33-21-7-1-16(2-8-21)9-25(35)36/h3-6,10-14,16,21H,1-2,7-9,15H2,(H,33,37)(H,35,36). The highest BCUT2D eigenvalue weighted by Crippen LogP contribution is 2.29. The summed E-state index contributed by atoms with van der Waals surface area (Å²) in [4.78, 5) is 33.2. The van der Waals surface area contributed by atoms with Gasteiger partial charge in [-0.05, 0) is 68.0 Å². The van der Waals surface area contributed by atoms with E-state index in [1.54, 1.807) is 47.5 Å². The fourth-order valence-electron chi connectivity index (χ4n) is 4.87. The zero-order valence-electron chi connectivity index (χ0n) is 19.9. The highest BCUT2D eigenvalue weighted by Gasteiger charge is 2.25. The van der Waals surface area contributed by atoms with Gasteiger partial charge in [-0.25, -0.2) is 4.39 Å². The van der Waals surface area contributed by atoms with Gasteiger partial charge in [0.05, 0.1) is 47.6 Å². The van der Waals surface area contributed by atoms with Crippen LogP contribution >= 0.6 is 11.6 Å². The van der Waals surface area contributed by atoms with Gasteiger partial charge in [0.1, 0.15) is 5.82 Å². The topological polar surface area (TPSA) is 110 Å². The molecular formula is C27H25ClFN5O3. The average Bonchev–Trinajstić information content (AvgIpc) is 3.27. The van der Waals surface area contributed by atoms with Crippen LogP contribution < -0.4 is 5.32 Å². The first-order valence-corrected chi connectivity index (χ1v) is 12.5. The van der Waals surface area contributed by atoms with Crippen LogP contribution in [0.5, 0.6) is 0 Å².